The molecule has 194 valence electrons. The van der Waals surface area contributed by atoms with Gasteiger partial charge in [0.2, 0.25) is 11.8 Å². The molecule has 1 heterocycles. The molecule has 2 fully saturated rings. The molecular formula is C30H28N2O6. The van der Waals surface area contributed by atoms with Gasteiger partial charge in [-0.25, -0.2) is 4.79 Å². The van der Waals surface area contributed by atoms with Crippen LogP contribution in [0, 0.1) is 11.8 Å². The maximum Gasteiger partial charge on any atom is 0.338 e. The molecule has 0 spiro atoms. The lowest BCUT2D eigenvalue weighted by molar-refractivity contribution is -0.122. The summed E-state index contributed by atoms with van der Waals surface area (Å²) in [5, 5.41) is 2.64. The van der Waals surface area contributed by atoms with Crippen LogP contribution < -0.4 is 15.0 Å². The Hall–Kier alpha value is -4.46. The van der Waals surface area contributed by atoms with Gasteiger partial charge in [0, 0.05) is 11.8 Å². The minimum absolute atomic E-state index is 0.184. The van der Waals surface area contributed by atoms with Gasteiger partial charge >= 0.3 is 5.97 Å². The Bertz CT molecular complexity index is 1350. The van der Waals surface area contributed by atoms with Crippen molar-refractivity contribution >= 4 is 35.1 Å². The van der Waals surface area contributed by atoms with Crippen LogP contribution in [0.2, 0.25) is 0 Å². The molecule has 3 amide bonds. The van der Waals surface area contributed by atoms with E-state index in [-0.39, 0.29) is 35.1 Å². The van der Waals surface area contributed by atoms with Crippen LogP contribution in [-0.4, -0.2) is 37.4 Å². The van der Waals surface area contributed by atoms with Crippen molar-refractivity contribution in [2.24, 2.45) is 11.8 Å². The Kier molecular flexibility index (Phi) is 7.22. The fourth-order valence-electron chi connectivity index (χ4n) is 5.32. The lowest BCUT2D eigenvalue weighted by Crippen LogP contribution is -2.30. The van der Waals surface area contributed by atoms with Crippen molar-refractivity contribution < 1.29 is 28.7 Å². The summed E-state index contributed by atoms with van der Waals surface area (Å²) in [7, 11) is 1.53. The Morgan fingerprint density at radius 3 is 2.37 bits per heavy atom. The van der Waals surface area contributed by atoms with Crippen LogP contribution in [-0.2, 0) is 19.1 Å². The zero-order chi connectivity index (χ0) is 26.6. The highest BCUT2D eigenvalue weighted by molar-refractivity contribution is 6.22. The van der Waals surface area contributed by atoms with Crippen LogP contribution in [0.3, 0.4) is 0 Å². The van der Waals surface area contributed by atoms with Gasteiger partial charge in [-0.1, -0.05) is 36.4 Å². The number of methoxy groups -OCH3 is 1. The predicted octanol–water partition coefficient (Wildman–Crippen LogP) is 4.56. The van der Waals surface area contributed by atoms with Gasteiger partial charge in [0.25, 0.3) is 5.91 Å². The number of rotatable bonds is 7. The second kappa shape index (κ2) is 10.9. The zero-order valence-corrected chi connectivity index (χ0v) is 21.0. The summed E-state index contributed by atoms with van der Waals surface area (Å²) in [6.45, 7) is -0.465. The monoisotopic (exact) mass is 512 g/mol. The molecule has 3 aromatic rings. The highest BCUT2D eigenvalue weighted by atomic mass is 16.5. The third kappa shape index (κ3) is 5.16. The number of hydrogen-bond donors (Lipinski definition) is 1. The first-order valence-electron chi connectivity index (χ1n) is 12.6. The average Bonchev–Trinajstić information content (AvgIpc) is 3.21. The fraction of sp³-hybridized carbons (Fsp3) is 0.267. The van der Waals surface area contributed by atoms with Crippen LogP contribution in [0.1, 0.15) is 41.1 Å². The molecule has 38 heavy (non-hydrogen) atoms. The van der Waals surface area contributed by atoms with Crippen molar-refractivity contribution in [1.29, 1.82) is 0 Å². The van der Waals surface area contributed by atoms with Crippen LogP contribution in [0.25, 0.3) is 0 Å². The van der Waals surface area contributed by atoms with Crippen molar-refractivity contribution in [2.45, 2.75) is 25.2 Å². The minimum atomic E-state index is -0.684. The maximum atomic E-state index is 13.3. The molecule has 3 atom stereocenters. The summed E-state index contributed by atoms with van der Waals surface area (Å²) in [5.74, 6) is -1.35. The molecule has 8 nitrogen and oxygen atoms in total. The number of imide groups is 1. The number of carbonyl (C=O) groups is 4. The molecule has 5 rings (SSSR count). The van der Waals surface area contributed by atoms with Gasteiger partial charge in [0.05, 0.1) is 30.2 Å². The van der Waals surface area contributed by atoms with Crippen LogP contribution in [0.5, 0.6) is 5.75 Å². The summed E-state index contributed by atoms with van der Waals surface area (Å²) < 4.78 is 10.2. The molecule has 2 aliphatic rings. The standard InChI is InChI=1S/C30H28N2O6/c1-37-24-9-5-8-22(17-24)31-27(33)18-38-30(36)20-10-13-23(14-11-20)32-28(34)25-15-12-21(16-26(25)29(32)35)19-6-3-2-4-7-19/h2-11,13-14,17,21,25-26H,12,15-16,18H2,1H3,(H,31,33)/t21-,25-,26-/m1/s1. The van der Waals surface area contributed by atoms with E-state index in [1.54, 1.807) is 36.4 Å². The highest BCUT2D eigenvalue weighted by Crippen LogP contribution is 2.45. The second-order valence-electron chi connectivity index (χ2n) is 9.55. The number of fused-ring (bicyclic) bond motifs is 1. The topological polar surface area (TPSA) is 102 Å². The lowest BCUT2D eigenvalue weighted by Gasteiger charge is -2.28. The summed E-state index contributed by atoms with van der Waals surface area (Å²) in [6.07, 6.45) is 2.19. The number of hydrogen-bond acceptors (Lipinski definition) is 6. The summed E-state index contributed by atoms with van der Waals surface area (Å²) in [5.41, 5.74) is 2.36. The van der Waals surface area contributed by atoms with E-state index in [2.05, 4.69) is 17.4 Å². The van der Waals surface area contributed by atoms with Gasteiger partial charge in [-0.05, 0) is 67.1 Å². The van der Waals surface area contributed by atoms with E-state index in [1.165, 1.54) is 29.7 Å². The predicted molar refractivity (Wildman–Crippen MR) is 141 cm³/mol. The maximum absolute atomic E-state index is 13.3. The van der Waals surface area contributed by atoms with Crippen molar-refractivity contribution in [3.63, 3.8) is 0 Å². The molecule has 0 radical (unpaired) electrons. The molecule has 0 aromatic heterocycles. The average molecular weight is 513 g/mol. The van der Waals surface area contributed by atoms with E-state index in [9.17, 15) is 19.2 Å². The van der Waals surface area contributed by atoms with E-state index in [1.807, 2.05) is 18.2 Å². The number of ether oxygens (including phenoxy) is 2. The zero-order valence-electron chi connectivity index (χ0n) is 21.0. The van der Waals surface area contributed by atoms with E-state index in [0.29, 0.717) is 30.0 Å². The van der Waals surface area contributed by atoms with Crippen molar-refractivity contribution in [1.82, 2.24) is 0 Å². The molecule has 1 N–H and O–H groups in total. The molecule has 1 aliphatic carbocycles. The Labute approximate surface area is 220 Å². The fourth-order valence-corrected chi connectivity index (χ4v) is 5.32. The lowest BCUT2D eigenvalue weighted by atomic mass is 9.73. The summed E-state index contributed by atoms with van der Waals surface area (Å²) >= 11 is 0. The number of benzene rings is 3. The van der Waals surface area contributed by atoms with E-state index in [0.717, 1.165) is 6.42 Å². The molecular weight excluding hydrogens is 484 g/mol. The first-order valence-corrected chi connectivity index (χ1v) is 12.6. The van der Waals surface area contributed by atoms with Crippen LogP contribution in [0.15, 0.2) is 78.9 Å². The molecule has 1 saturated carbocycles. The third-order valence-electron chi connectivity index (χ3n) is 7.25. The van der Waals surface area contributed by atoms with Crippen LogP contribution in [0.4, 0.5) is 11.4 Å². The SMILES string of the molecule is COc1cccc(NC(=O)COC(=O)c2ccc(N3C(=O)[C@@H]4CC[C@@H](c5ccccc5)C[C@H]4C3=O)cc2)c1. The Morgan fingerprint density at radius 2 is 1.63 bits per heavy atom. The molecule has 3 aromatic carbocycles. The molecule has 0 bridgehead atoms. The number of anilines is 2. The smallest absolute Gasteiger partial charge is 0.338 e. The molecule has 1 aliphatic heterocycles. The number of carbonyl (C=O) groups excluding carboxylic acids is 4. The van der Waals surface area contributed by atoms with E-state index >= 15 is 0 Å². The van der Waals surface area contributed by atoms with Gasteiger partial charge < -0.3 is 14.8 Å². The van der Waals surface area contributed by atoms with Crippen molar-refractivity contribution in [3.05, 3.63) is 90.0 Å². The van der Waals surface area contributed by atoms with Gasteiger partial charge in [0.1, 0.15) is 5.75 Å². The minimum Gasteiger partial charge on any atom is -0.497 e. The normalized spacial score (nSPS) is 20.6. The van der Waals surface area contributed by atoms with Gasteiger partial charge in [-0.3, -0.25) is 19.3 Å². The molecule has 8 heteroatoms. The van der Waals surface area contributed by atoms with Crippen LogP contribution >= 0.6 is 0 Å². The first-order chi connectivity index (χ1) is 18.4. The largest absolute Gasteiger partial charge is 0.497 e. The first kappa shape index (κ1) is 25.2. The van der Waals surface area contributed by atoms with E-state index in [4.69, 9.17) is 9.47 Å². The Morgan fingerprint density at radius 1 is 0.895 bits per heavy atom. The summed E-state index contributed by atoms with van der Waals surface area (Å²) in [6, 6.07) is 23.0. The number of esters is 1. The van der Waals surface area contributed by atoms with Gasteiger partial charge in [0.15, 0.2) is 6.61 Å². The van der Waals surface area contributed by atoms with Gasteiger partial charge in [-0.15, -0.1) is 0 Å². The third-order valence-corrected chi connectivity index (χ3v) is 7.25. The number of amides is 3. The summed E-state index contributed by atoms with van der Waals surface area (Å²) in [4.78, 5) is 52.3. The van der Waals surface area contributed by atoms with Gasteiger partial charge in [-0.2, -0.15) is 0 Å². The molecule has 0 unspecified atom stereocenters. The molecule has 1 saturated heterocycles. The number of nitrogens with one attached hydrogen (secondary N) is 1. The van der Waals surface area contributed by atoms with Crippen molar-refractivity contribution in [2.75, 3.05) is 23.9 Å². The number of nitrogens with zero attached hydrogens (tertiary/aromatic N) is 1. The van der Waals surface area contributed by atoms with E-state index < -0.39 is 18.5 Å². The van der Waals surface area contributed by atoms with Crippen molar-refractivity contribution in [3.8, 4) is 5.75 Å². The Balaban J connectivity index is 1.19. The highest BCUT2D eigenvalue weighted by Gasteiger charge is 2.50. The quantitative estimate of drug-likeness (QED) is 0.368. The second-order valence-corrected chi connectivity index (χ2v) is 9.55.